The Morgan fingerprint density at radius 2 is 2.10 bits per heavy atom. The van der Waals surface area contributed by atoms with E-state index in [1.54, 1.807) is 16.3 Å². The zero-order chi connectivity index (χ0) is 20.6. The molecular weight excluding hydrogens is 408 g/mol. The number of ketones is 1. The lowest BCUT2D eigenvalue weighted by Gasteiger charge is -2.33. The van der Waals surface area contributed by atoms with E-state index in [1.807, 2.05) is 5.38 Å². The predicted octanol–water partition coefficient (Wildman–Crippen LogP) is 4.02. The number of hydrogen-bond acceptors (Lipinski definition) is 6. The Morgan fingerprint density at radius 1 is 1.31 bits per heavy atom. The molecule has 2 aliphatic rings. The zero-order valence-corrected chi connectivity index (χ0v) is 18.6. The first-order chi connectivity index (χ1) is 14.1. The van der Waals surface area contributed by atoms with Gasteiger partial charge in [0, 0.05) is 24.0 Å². The Balaban J connectivity index is 1.77. The first-order valence-electron chi connectivity index (χ1n) is 10.5. The van der Waals surface area contributed by atoms with Crippen molar-refractivity contribution in [2.75, 3.05) is 13.2 Å². The minimum atomic E-state index is -0.614. The molecule has 0 bridgehead atoms. The van der Waals surface area contributed by atoms with Crippen LogP contribution in [0.25, 0.3) is 0 Å². The van der Waals surface area contributed by atoms with Crippen LogP contribution in [0.3, 0.4) is 0 Å². The highest BCUT2D eigenvalue weighted by Gasteiger charge is 2.39. The topological polar surface area (TPSA) is 75.7 Å². The monoisotopic (exact) mass is 438 g/mol. The van der Waals surface area contributed by atoms with E-state index in [0.29, 0.717) is 24.4 Å². The Bertz CT molecular complexity index is 689. The lowest BCUT2D eigenvalue weighted by molar-refractivity contribution is -0.138. The van der Waals surface area contributed by atoms with Crippen LogP contribution in [0.1, 0.15) is 68.6 Å². The highest BCUT2D eigenvalue weighted by Crippen LogP contribution is 2.30. The molecule has 0 aromatic carbocycles. The Morgan fingerprint density at radius 3 is 2.72 bits per heavy atom. The third-order valence-electron chi connectivity index (χ3n) is 5.64. The molecule has 1 aliphatic carbocycles. The van der Waals surface area contributed by atoms with Crippen LogP contribution in [0.2, 0.25) is 0 Å². The summed E-state index contributed by atoms with van der Waals surface area (Å²) in [6, 6.07) is 1.15. The van der Waals surface area contributed by atoms with Crippen LogP contribution >= 0.6 is 23.4 Å². The van der Waals surface area contributed by atoms with Crippen LogP contribution in [-0.4, -0.2) is 47.1 Å². The summed E-state index contributed by atoms with van der Waals surface area (Å²) < 4.78 is 5.24. The molecule has 0 radical (unpaired) electrons. The maximum absolute atomic E-state index is 13.6. The molecule has 160 valence electrons. The van der Waals surface area contributed by atoms with Crippen LogP contribution < -0.4 is 5.32 Å². The third-order valence-corrected chi connectivity index (χ3v) is 7.27. The minimum Gasteiger partial charge on any atom is -0.340 e. The molecule has 1 aliphatic heterocycles. The fourth-order valence-electron chi connectivity index (χ4n) is 3.99. The van der Waals surface area contributed by atoms with E-state index in [4.69, 9.17) is 4.18 Å². The molecule has 2 fully saturated rings. The number of nitrogens with one attached hydrogen (secondary N) is 1. The molecule has 1 saturated carbocycles. The summed E-state index contributed by atoms with van der Waals surface area (Å²) in [5.74, 6) is -0.0434. The SMILES string of the molecule is CCCCN(C(=O)[C@H](CC1CCCCC1)NC(=O)c1ccsc1)[C@@H]1SOCC1=O. The summed E-state index contributed by atoms with van der Waals surface area (Å²) in [5, 5.41) is 6.01. The molecule has 3 rings (SSSR count). The maximum atomic E-state index is 13.6. The van der Waals surface area contributed by atoms with Crippen molar-refractivity contribution in [1.29, 1.82) is 0 Å². The number of carbonyl (C=O) groups is 3. The summed E-state index contributed by atoms with van der Waals surface area (Å²) in [4.78, 5) is 40.2. The van der Waals surface area contributed by atoms with Crippen LogP contribution in [0.5, 0.6) is 0 Å². The molecule has 2 amide bonds. The molecule has 0 unspecified atom stereocenters. The van der Waals surface area contributed by atoms with Crippen molar-refractivity contribution in [3.05, 3.63) is 22.4 Å². The summed E-state index contributed by atoms with van der Waals surface area (Å²) in [6.07, 6.45) is 8.13. The number of unbranched alkanes of at least 4 members (excludes halogenated alkanes) is 1. The third kappa shape index (κ3) is 6.06. The van der Waals surface area contributed by atoms with Crippen molar-refractivity contribution in [2.45, 2.75) is 69.7 Å². The molecule has 1 aromatic heterocycles. The van der Waals surface area contributed by atoms with E-state index < -0.39 is 11.4 Å². The lowest BCUT2D eigenvalue weighted by Crippen LogP contribution is -2.53. The van der Waals surface area contributed by atoms with Gasteiger partial charge in [0.25, 0.3) is 5.91 Å². The summed E-state index contributed by atoms with van der Waals surface area (Å²) in [5.41, 5.74) is 0.575. The molecule has 8 heteroatoms. The number of nitrogens with zero attached hydrogens (tertiary/aromatic N) is 1. The van der Waals surface area contributed by atoms with Gasteiger partial charge in [0.05, 0.1) is 5.56 Å². The second-order valence-electron chi connectivity index (χ2n) is 7.84. The van der Waals surface area contributed by atoms with Gasteiger partial charge in [0.15, 0.2) is 11.2 Å². The van der Waals surface area contributed by atoms with Crippen LogP contribution in [0.15, 0.2) is 16.8 Å². The first kappa shape index (κ1) is 22.3. The molecule has 0 spiro atoms. The summed E-state index contributed by atoms with van der Waals surface area (Å²) in [7, 11) is 0. The van der Waals surface area contributed by atoms with E-state index in [-0.39, 0.29) is 24.2 Å². The Labute approximate surface area is 181 Å². The summed E-state index contributed by atoms with van der Waals surface area (Å²) in [6.45, 7) is 2.58. The molecule has 1 saturated heterocycles. The van der Waals surface area contributed by atoms with Gasteiger partial charge in [0.1, 0.15) is 12.6 Å². The van der Waals surface area contributed by atoms with E-state index in [0.717, 1.165) is 37.7 Å². The van der Waals surface area contributed by atoms with Gasteiger partial charge in [-0.25, -0.2) is 0 Å². The Kier molecular flexibility index (Phi) is 8.56. The van der Waals surface area contributed by atoms with Gasteiger partial charge in [-0.1, -0.05) is 45.4 Å². The van der Waals surface area contributed by atoms with Crippen molar-refractivity contribution in [2.24, 2.45) is 5.92 Å². The average molecular weight is 439 g/mol. The molecule has 6 nitrogen and oxygen atoms in total. The molecule has 29 heavy (non-hydrogen) atoms. The van der Waals surface area contributed by atoms with Crippen LogP contribution in [-0.2, 0) is 13.8 Å². The number of hydrogen-bond donors (Lipinski definition) is 1. The fraction of sp³-hybridized carbons (Fsp3) is 0.667. The van der Waals surface area contributed by atoms with Gasteiger partial charge < -0.3 is 14.4 Å². The number of thiophene rings is 1. The molecular formula is C21H30N2O4S2. The zero-order valence-electron chi connectivity index (χ0n) is 16.9. The smallest absolute Gasteiger partial charge is 0.252 e. The molecule has 2 atom stereocenters. The predicted molar refractivity (Wildman–Crippen MR) is 116 cm³/mol. The van der Waals surface area contributed by atoms with Crippen LogP contribution in [0.4, 0.5) is 0 Å². The second kappa shape index (κ2) is 11.1. The van der Waals surface area contributed by atoms with Crippen LogP contribution in [0, 0.1) is 5.92 Å². The summed E-state index contributed by atoms with van der Waals surface area (Å²) >= 11 is 2.52. The second-order valence-corrected chi connectivity index (χ2v) is 9.49. The van der Waals surface area contributed by atoms with E-state index in [1.165, 1.54) is 30.6 Å². The fourth-order valence-corrected chi connectivity index (χ4v) is 5.43. The largest absolute Gasteiger partial charge is 0.340 e. The maximum Gasteiger partial charge on any atom is 0.252 e. The standard InChI is InChI=1S/C21H30N2O4S2/c1-2-3-10-23(21-18(24)13-27-29-21)20(26)17(12-15-7-5-4-6-8-15)22-19(25)16-9-11-28-14-16/h9,11,14-15,17,21H,2-8,10,12-13H2,1H3,(H,22,25)/t17-,21+/m0/s1. The van der Waals surface area contributed by atoms with Gasteiger partial charge in [0.2, 0.25) is 5.91 Å². The van der Waals surface area contributed by atoms with Gasteiger partial charge in [-0.2, -0.15) is 11.3 Å². The van der Waals surface area contributed by atoms with Crippen molar-refractivity contribution in [3.8, 4) is 0 Å². The van der Waals surface area contributed by atoms with Crippen molar-refractivity contribution >= 4 is 41.0 Å². The van der Waals surface area contributed by atoms with Crippen molar-refractivity contribution in [1.82, 2.24) is 10.2 Å². The number of carbonyl (C=O) groups excluding carboxylic acids is 3. The number of rotatable bonds is 9. The van der Waals surface area contributed by atoms with Crippen molar-refractivity contribution in [3.63, 3.8) is 0 Å². The Hall–Kier alpha value is -1.38. The van der Waals surface area contributed by atoms with Gasteiger partial charge in [-0.05, 0) is 30.2 Å². The van der Waals surface area contributed by atoms with Gasteiger partial charge >= 0.3 is 0 Å². The highest BCUT2D eigenvalue weighted by molar-refractivity contribution is 7.96. The average Bonchev–Trinajstić information content (AvgIpc) is 3.41. The highest BCUT2D eigenvalue weighted by atomic mass is 32.2. The quantitative estimate of drug-likeness (QED) is 0.590. The van der Waals surface area contributed by atoms with E-state index in [2.05, 4.69) is 12.2 Å². The van der Waals surface area contributed by atoms with E-state index in [9.17, 15) is 14.4 Å². The number of amides is 2. The number of Topliss-reactive ketones (excluding diaryl/α,β-unsaturated/α-hetero) is 1. The molecule has 1 aromatic rings. The molecule has 1 N–H and O–H groups in total. The van der Waals surface area contributed by atoms with Gasteiger partial charge in [-0.15, -0.1) is 0 Å². The van der Waals surface area contributed by atoms with Crippen molar-refractivity contribution < 1.29 is 18.6 Å². The van der Waals surface area contributed by atoms with Gasteiger partial charge in [-0.3, -0.25) is 14.4 Å². The van der Waals surface area contributed by atoms with E-state index >= 15 is 0 Å². The molecule has 2 heterocycles. The normalized spacial score (nSPS) is 21.1. The lowest BCUT2D eigenvalue weighted by atomic mass is 9.84. The first-order valence-corrected chi connectivity index (χ1v) is 12.3. The minimum absolute atomic E-state index is 0.0276.